The van der Waals surface area contributed by atoms with Crippen LogP contribution in [0.15, 0.2) is 27.6 Å². The summed E-state index contributed by atoms with van der Waals surface area (Å²) in [6, 6.07) is 6.35. The van der Waals surface area contributed by atoms with E-state index in [-0.39, 0.29) is 4.75 Å². The van der Waals surface area contributed by atoms with Gasteiger partial charge in [0.2, 0.25) is 0 Å². The molecule has 0 aliphatic heterocycles. The van der Waals surface area contributed by atoms with E-state index in [0.29, 0.717) is 6.54 Å². The van der Waals surface area contributed by atoms with Crippen molar-refractivity contribution in [3.8, 4) is 0 Å². The molecule has 0 fully saturated rings. The van der Waals surface area contributed by atoms with E-state index in [1.165, 1.54) is 4.90 Å². The van der Waals surface area contributed by atoms with Crippen molar-refractivity contribution >= 4 is 27.7 Å². The second kappa shape index (κ2) is 4.69. The van der Waals surface area contributed by atoms with Gasteiger partial charge in [-0.3, -0.25) is 0 Å². The summed E-state index contributed by atoms with van der Waals surface area (Å²) in [5.74, 6) is 0. The summed E-state index contributed by atoms with van der Waals surface area (Å²) < 4.78 is 1.36. The van der Waals surface area contributed by atoms with E-state index in [2.05, 4.69) is 54.9 Å². The van der Waals surface area contributed by atoms with Crippen molar-refractivity contribution in [3.63, 3.8) is 0 Å². The zero-order chi connectivity index (χ0) is 10.8. The first-order valence-corrected chi connectivity index (χ1v) is 6.21. The average molecular weight is 274 g/mol. The lowest BCUT2D eigenvalue weighted by molar-refractivity contribution is 0.802. The van der Waals surface area contributed by atoms with Crippen LogP contribution in [0, 0.1) is 0 Å². The first-order valence-electron chi connectivity index (χ1n) is 4.60. The van der Waals surface area contributed by atoms with Crippen LogP contribution in [-0.4, -0.2) is 4.75 Å². The molecule has 1 aromatic carbocycles. The quantitative estimate of drug-likeness (QED) is 0.830. The topological polar surface area (TPSA) is 26.0 Å². The van der Waals surface area contributed by atoms with Gasteiger partial charge in [-0.25, -0.2) is 0 Å². The maximum atomic E-state index is 5.59. The maximum absolute atomic E-state index is 5.59. The molecule has 0 saturated carbocycles. The van der Waals surface area contributed by atoms with Gasteiger partial charge in [0.15, 0.2) is 0 Å². The summed E-state index contributed by atoms with van der Waals surface area (Å²) in [5, 5.41) is 0. The van der Waals surface area contributed by atoms with Gasteiger partial charge in [0.25, 0.3) is 0 Å². The molecule has 0 unspecified atom stereocenters. The average Bonchev–Trinajstić information content (AvgIpc) is 2.01. The SMILES string of the molecule is CC(C)(C)Sc1ccc(CN)c(Br)c1. The van der Waals surface area contributed by atoms with Gasteiger partial charge >= 0.3 is 0 Å². The third-order valence-corrected chi connectivity index (χ3v) is 3.51. The van der Waals surface area contributed by atoms with Crippen molar-refractivity contribution in [3.05, 3.63) is 28.2 Å². The second-order valence-corrected chi connectivity index (χ2v) is 6.93. The van der Waals surface area contributed by atoms with E-state index < -0.39 is 0 Å². The molecule has 0 amide bonds. The highest BCUT2D eigenvalue weighted by Crippen LogP contribution is 2.33. The molecule has 78 valence electrons. The lowest BCUT2D eigenvalue weighted by Crippen LogP contribution is -2.06. The Morgan fingerprint density at radius 2 is 2.00 bits per heavy atom. The van der Waals surface area contributed by atoms with Gasteiger partial charge < -0.3 is 5.73 Å². The molecule has 14 heavy (non-hydrogen) atoms. The highest BCUT2D eigenvalue weighted by molar-refractivity contribution is 9.10. The largest absolute Gasteiger partial charge is 0.326 e. The van der Waals surface area contributed by atoms with Crippen LogP contribution in [0.2, 0.25) is 0 Å². The van der Waals surface area contributed by atoms with Crippen molar-refractivity contribution in [2.75, 3.05) is 0 Å². The van der Waals surface area contributed by atoms with E-state index in [1.54, 1.807) is 0 Å². The normalized spacial score (nSPS) is 11.8. The zero-order valence-corrected chi connectivity index (χ0v) is 11.2. The van der Waals surface area contributed by atoms with Crippen molar-refractivity contribution in [2.45, 2.75) is 37.0 Å². The van der Waals surface area contributed by atoms with Crippen molar-refractivity contribution < 1.29 is 0 Å². The maximum Gasteiger partial charge on any atom is 0.0231 e. The van der Waals surface area contributed by atoms with Crippen LogP contribution >= 0.6 is 27.7 Å². The molecule has 1 aromatic rings. The van der Waals surface area contributed by atoms with Gasteiger partial charge in [-0.1, -0.05) is 42.8 Å². The van der Waals surface area contributed by atoms with Gasteiger partial charge in [0, 0.05) is 20.7 Å². The molecule has 0 aromatic heterocycles. The first kappa shape index (κ1) is 12.1. The summed E-state index contributed by atoms with van der Waals surface area (Å²) in [4.78, 5) is 1.28. The first-order chi connectivity index (χ1) is 6.42. The minimum Gasteiger partial charge on any atom is -0.326 e. The molecule has 0 spiro atoms. The molecule has 1 rings (SSSR count). The Hall–Kier alpha value is 0.01000. The number of benzene rings is 1. The molecular formula is C11H16BrNS. The van der Waals surface area contributed by atoms with Crippen LogP contribution < -0.4 is 5.73 Å². The summed E-state index contributed by atoms with van der Waals surface area (Å²) in [7, 11) is 0. The fourth-order valence-corrected chi connectivity index (χ4v) is 2.82. The summed E-state index contributed by atoms with van der Waals surface area (Å²) in [6.45, 7) is 7.22. The van der Waals surface area contributed by atoms with E-state index >= 15 is 0 Å². The number of nitrogens with two attached hydrogens (primary N) is 1. The van der Waals surface area contributed by atoms with Gasteiger partial charge in [-0.05, 0) is 17.7 Å². The number of thioether (sulfide) groups is 1. The van der Waals surface area contributed by atoms with E-state index in [4.69, 9.17) is 5.73 Å². The Morgan fingerprint density at radius 3 is 2.43 bits per heavy atom. The van der Waals surface area contributed by atoms with Crippen molar-refractivity contribution in [1.29, 1.82) is 0 Å². The highest BCUT2D eigenvalue weighted by Gasteiger charge is 2.12. The Kier molecular flexibility index (Phi) is 4.04. The van der Waals surface area contributed by atoms with Crippen LogP contribution in [-0.2, 0) is 6.54 Å². The molecule has 0 radical (unpaired) electrons. The Bertz CT molecular complexity index is 318. The summed E-state index contributed by atoms with van der Waals surface area (Å²) >= 11 is 5.38. The minimum absolute atomic E-state index is 0.254. The van der Waals surface area contributed by atoms with Gasteiger partial charge in [0.1, 0.15) is 0 Å². The molecule has 0 heterocycles. The lowest BCUT2D eigenvalue weighted by atomic mass is 10.2. The number of hydrogen-bond acceptors (Lipinski definition) is 2. The van der Waals surface area contributed by atoms with Crippen LogP contribution in [0.25, 0.3) is 0 Å². The van der Waals surface area contributed by atoms with E-state index in [9.17, 15) is 0 Å². The van der Waals surface area contributed by atoms with Crippen LogP contribution in [0.1, 0.15) is 26.3 Å². The van der Waals surface area contributed by atoms with Gasteiger partial charge in [-0.15, -0.1) is 11.8 Å². The van der Waals surface area contributed by atoms with E-state index in [0.717, 1.165) is 10.0 Å². The zero-order valence-electron chi connectivity index (χ0n) is 8.80. The van der Waals surface area contributed by atoms with Gasteiger partial charge in [-0.2, -0.15) is 0 Å². The molecule has 0 saturated heterocycles. The fraction of sp³-hybridized carbons (Fsp3) is 0.455. The van der Waals surface area contributed by atoms with Gasteiger partial charge in [0.05, 0.1) is 0 Å². The molecule has 0 atom stereocenters. The second-order valence-electron chi connectivity index (χ2n) is 4.17. The minimum atomic E-state index is 0.254. The predicted octanol–water partition coefficient (Wildman–Crippen LogP) is 3.80. The molecule has 3 heteroatoms. The van der Waals surface area contributed by atoms with Crippen LogP contribution in [0.5, 0.6) is 0 Å². The third kappa shape index (κ3) is 3.64. The van der Waals surface area contributed by atoms with Crippen molar-refractivity contribution in [2.24, 2.45) is 5.73 Å². The highest BCUT2D eigenvalue weighted by atomic mass is 79.9. The smallest absolute Gasteiger partial charge is 0.0231 e. The molecule has 2 N–H and O–H groups in total. The lowest BCUT2D eigenvalue weighted by Gasteiger charge is -2.18. The monoisotopic (exact) mass is 273 g/mol. The Labute approximate surface area is 98.6 Å². The van der Waals surface area contributed by atoms with Crippen molar-refractivity contribution in [1.82, 2.24) is 0 Å². The molecule has 0 aliphatic carbocycles. The fourth-order valence-electron chi connectivity index (χ4n) is 1.11. The Morgan fingerprint density at radius 1 is 1.36 bits per heavy atom. The van der Waals surface area contributed by atoms with Crippen LogP contribution in [0.3, 0.4) is 0 Å². The number of rotatable bonds is 2. The predicted molar refractivity (Wildman–Crippen MR) is 67.6 cm³/mol. The number of halogens is 1. The Balaban J connectivity index is 2.87. The molecule has 0 bridgehead atoms. The van der Waals surface area contributed by atoms with E-state index in [1.807, 2.05) is 11.8 Å². The third-order valence-electron chi connectivity index (χ3n) is 1.67. The standard InChI is InChI=1S/C11H16BrNS/c1-11(2,3)14-9-5-4-8(7-13)10(12)6-9/h4-6H,7,13H2,1-3H3. The molecule has 1 nitrogen and oxygen atoms in total. The molecule has 0 aliphatic rings. The summed E-state index contributed by atoms with van der Waals surface area (Å²) in [5.41, 5.74) is 6.75. The van der Waals surface area contributed by atoms with Crippen LogP contribution in [0.4, 0.5) is 0 Å². The number of hydrogen-bond donors (Lipinski definition) is 1. The summed E-state index contributed by atoms with van der Waals surface area (Å²) in [6.07, 6.45) is 0. The molecular weight excluding hydrogens is 258 g/mol.